The molecule has 0 bridgehead atoms. The summed E-state index contributed by atoms with van der Waals surface area (Å²) in [4.78, 5) is 12.4. The molecule has 1 atom stereocenters. The summed E-state index contributed by atoms with van der Waals surface area (Å²) in [5.74, 6) is 2.10. The Hall–Kier alpha value is -3.09. The lowest BCUT2D eigenvalue weighted by molar-refractivity contribution is -0.116. The summed E-state index contributed by atoms with van der Waals surface area (Å²) in [6.07, 6.45) is 0.269. The molecule has 0 saturated heterocycles. The second kappa shape index (κ2) is 7.86. The van der Waals surface area contributed by atoms with Crippen molar-refractivity contribution in [2.75, 3.05) is 38.6 Å². The Morgan fingerprint density at radius 1 is 1.15 bits per heavy atom. The van der Waals surface area contributed by atoms with Crippen LogP contribution in [0.25, 0.3) is 0 Å². The summed E-state index contributed by atoms with van der Waals surface area (Å²) in [7, 11) is 4.60. The molecule has 2 N–H and O–H groups in total. The highest BCUT2D eigenvalue weighted by Gasteiger charge is 2.22. The van der Waals surface area contributed by atoms with E-state index in [4.69, 9.17) is 18.9 Å². The minimum atomic E-state index is -0.139. The monoisotopic (exact) mass is 358 g/mol. The Balaban J connectivity index is 1.67. The minimum absolute atomic E-state index is 0.105. The predicted molar refractivity (Wildman–Crippen MR) is 98.7 cm³/mol. The van der Waals surface area contributed by atoms with Crippen LogP contribution in [0, 0.1) is 0 Å². The van der Waals surface area contributed by atoms with Crippen LogP contribution in [0.15, 0.2) is 36.4 Å². The topological polar surface area (TPSA) is 78.1 Å². The average molecular weight is 358 g/mol. The van der Waals surface area contributed by atoms with Crippen molar-refractivity contribution in [3.8, 4) is 23.0 Å². The molecule has 2 aromatic rings. The molecule has 138 valence electrons. The number of anilines is 2. The molecule has 0 unspecified atom stereocenters. The highest BCUT2D eigenvalue weighted by molar-refractivity contribution is 5.92. The zero-order valence-electron chi connectivity index (χ0n) is 15.0. The van der Waals surface area contributed by atoms with Crippen LogP contribution in [-0.2, 0) is 4.79 Å². The molecule has 0 aliphatic carbocycles. The highest BCUT2D eigenvalue weighted by Crippen LogP contribution is 2.40. The lowest BCUT2D eigenvalue weighted by Gasteiger charge is -2.27. The average Bonchev–Trinajstić information content (AvgIpc) is 2.66. The van der Waals surface area contributed by atoms with E-state index in [9.17, 15) is 4.79 Å². The van der Waals surface area contributed by atoms with Gasteiger partial charge in [0.05, 0.1) is 39.5 Å². The second-order valence-electron chi connectivity index (χ2n) is 5.81. The first-order valence-corrected chi connectivity index (χ1v) is 8.22. The summed E-state index contributed by atoms with van der Waals surface area (Å²) < 4.78 is 21.6. The van der Waals surface area contributed by atoms with Crippen LogP contribution in [-0.4, -0.2) is 39.9 Å². The maximum atomic E-state index is 12.4. The van der Waals surface area contributed by atoms with Crippen molar-refractivity contribution in [1.82, 2.24) is 0 Å². The van der Waals surface area contributed by atoms with Gasteiger partial charge in [-0.2, -0.15) is 0 Å². The van der Waals surface area contributed by atoms with Gasteiger partial charge < -0.3 is 29.6 Å². The van der Waals surface area contributed by atoms with Gasteiger partial charge in [-0.25, -0.2) is 0 Å². The number of benzene rings is 2. The summed E-state index contributed by atoms with van der Waals surface area (Å²) in [5, 5.41) is 6.19. The summed E-state index contributed by atoms with van der Waals surface area (Å²) in [6.45, 7) is 0.430. The number of fused-ring (bicyclic) bond motifs is 1. The third kappa shape index (κ3) is 3.77. The van der Waals surface area contributed by atoms with E-state index in [-0.39, 0.29) is 18.4 Å². The van der Waals surface area contributed by atoms with E-state index in [1.54, 1.807) is 12.1 Å². The number of para-hydroxylation sites is 2. The SMILES string of the molecule is COc1cc(NC(=O)C[C@@H]2COc3ccccc3N2)cc(OC)c1OC. The van der Waals surface area contributed by atoms with Crippen molar-refractivity contribution < 1.29 is 23.7 Å². The summed E-state index contributed by atoms with van der Waals surface area (Å²) in [6, 6.07) is 10.9. The van der Waals surface area contributed by atoms with E-state index in [1.807, 2.05) is 24.3 Å². The van der Waals surface area contributed by atoms with Crippen molar-refractivity contribution >= 4 is 17.3 Å². The fraction of sp³-hybridized carbons (Fsp3) is 0.316. The third-order valence-corrected chi connectivity index (χ3v) is 4.07. The zero-order valence-corrected chi connectivity index (χ0v) is 15.0. The Morgan fingerprint density at radius 2 is 1.85 bits per heavy atom. The molecule has 1 aliphatic heterocycles. The molecule has 26 heavy (non-hydrogen) atoms. The van der Waals surface area contributed by atoms with Gasteiger partial charge >= 0.3 is 0 Å². The number of rotatable bonds is 6. The highest BCUT2D eigenvalue weighted by atomic mass is 16.5. The largest absolute Gasteiger partial charge is 0.493 e. The Kier molecular flexibility index (Phi) is 5.36. The van der Waals surface area contributed by atoms with Crippen LogP contribution >= 0.6 is 0 Å². The quantitative estimate of drug-likeness (QED) is 0.827. The van der Waals surface area contributed by atoms with Gasteiger partial charge in [0.2, 0.25) is 11.7 Å². The Morgan fingerprint density at radius 3 is 2.50 bits per heavy atom. The van der Waals surface area contributed by atoms with E-state index >= 15 is 0 Å². The van der Waals surface area contributed by atoms with Crippen LogP contribution in [0.2, 0.25) is 0 Å². The number of nitrogens with one attached hydrogen (secondary N) is 2. The molecule has 1 heterocycles. The van der Waals surface area contributed by atoms with Gasteiger partial charge in [0.1, 0.15) is 12.4 Å². The number of hydrogen-bond donors (Lipinski definition) is 2. The number of carbonyl (C=O) groups is 1. The molecule has 0 radical (unpaired) electrons. The number of hydrogen-bond acceptors (Lipinski definition) is 6. The van der Waals surface area contributed by atoms with Gasteiger partial charge in [0.25, 0.3) is 0 Å². The maximum Gasteiger partial charge on any atom is 0.226 e. The number of ether oxygens (including phenoxy) is 4. The molecule has 0 spiro atoms. The van der Waals surface area contributed by atoms with Gasteiger partial charge in [0.15, 0.2) is 11.5 Å². The Labute approximate surface area is 152 Å². The molecular weight excluding hydrogens is 336 g/mol. The molecule has 0 fully saturated rings. The molecule has 1 amide bonds. The molecule has 7 nitrogen and oxygen atoms in total. The lowest BCUT2D eigenvalue weighted by Crippen LogP contribution is -2.35. The van der Waals surface area contributed by atoms with E-state index in [0.29, 0.717) is 29.5 Å². The van der Waals surface area contributed by atoms with Crippen LogP contribution in [0.4, 0.5) is 11.4 Å². The molecule has 2 aromatic carbocycles. The van der Waals surface area contributed by atoms with Gasteiger partial charge in [-0.05, 0) is 12.1 Å². The standard InChI is InChI=1S/C19H22N2O5/c1-23-16-8-12(9-17(24-2)19(16)25-3)21-18(22)10-13-11-26-15-7-5-4-6-14(15)20-13/h4-9,13,20H,10-11H2,1-3H3,(H,21,22)/t13-/m1/s1. The molecule has 0 aromatic heterocycles. The first-order valence-electron chi connectivity index (χ1n) is 8.22. The number of amides is 1. The van der Waals surface area contributed by atoms with E-state index < -0.39 is 0 Å². The first-order chi connectivity index (χ1) is 12.6. The van der Waals surface area contributed by atoms with Gasteiger partial charge in [-0.15, -0.1) is 0 Å². The van der Waals surface area contributed by atoms with Crippen molar-refractivity contribution in [1.29, 1.82) is 0 Å². The van der Waals surface area contributed by atoms with Crippen LogP contribution in [0.5, 0.6) is 23.0 Å². The van der Waals surface area contributed by atoms with Crippen molar-refractivity contribution in [3.63, 3.8) is 0 Å². The first kappa shape index (κ1) is 17.7. The van der Waals surface area contributed by atoms with Crippen LogP contribution < -0.4 is 29.6 Å². The van der Waals surface area contributed by atoms with E-state index in [2.05, 4.69) is 10.6 Å². The predicted octanol–water partition coefficient (Wildman–Crippen LogP) is 2.91. The molecule has 0 saturated carbocycles. The molecule has 1 aliphatic rings. The minimum Gasteiger partial charge on any atom is -0.493 e. The number of methoxy groups -OCH3 is 3. The van der Waals surface area contributed by atoms with Gasteiger partial charge in [-0.3, -0.25) is 4.79 Å². The summed E-state index contributed by atoms with van der Waals surface area (Å²) in [5.41, 5.74) is 1.46. The lowest BCUT2D eigenvalue weighted by atomic mass is 10.1. The number of carbonyl (C=O) groups excluding carboxylic acids is 1. The second-order valence-corrected chi connectivity index (χ2v) is 5.81. The maximum absolute atomic E-state index is 12.4. The fourth-order valence-corrected chi connectivity index (χ4v) is 2.86. The van der Waals surface area contributed by atoms with Gasteiger partial charge in [0, 0.05) is 17.8 Å². The molecule has 3 rings (SSSR count). The van der Waals surface area contributed by atoms with Crippen molar-refractivity contribution in [2.24, 2.45) is 0 Å². The zero-order chi connectivity index (χ0) is 18.5. The normalized spacial score (nSPS) is 15.1. The van der Waals surface area contributed by atoms with Crippen LogP contribution in [0.3, 0.4) is 0 Å². The van der Waals surface area contributed by atoms with Crippen molar-refractivity contribution in [2.45, 2.75) is 12.5 Å². The van der Waals surface area contributed by atoms with E-state index in [1.165, 1.54) is 21.3 Å². The molecule has 7 heteroatoms. The van der Waals surface area contributed by atoms with Crippen molar-refractivity contribution in [3.05, 3.63) is 36.4 Å². The van der Waals surface area contributed by atoms with Crippen LogP contribution in [0.1, 0.15) is 6.42 Å². The van der Waals surface area contributed by atoms with E-state index in [0.717, 1.165) is 11.4 Å². The molecular formula is C19H22N2O5. The smallest absolute Gasteiger partial charge is 0.226 e. The van der Waals surface area contributed by atoms with Gasteiger partial charge in [-0.1, -0.05) is 12.1 Å². The fourth-order valence-electron chi connectivity index (χ4n) is 2.86. The summed E-state index contributed by atoms with van der Waals surface area (Å²) >= 11 is 0. The Bertz CT molecular complexity index is 768. The third-order valence-electron chi connectivity index (χ3n) is 4.07.